The lowest BCUT2D eigenvalue weighted by Gasteiger charge is -2.07. The van der Waals surface area contributed by atoms with Crippen molar-refractivity contribution < 1.29 is 18.3 Å². The smallest absolute Gasteiger partial charge is 0.182 e. The molecule has 0 radical (unpaired) electrons. The molecule has 4 rings (SSSR count). The predicted octanol–water partition coefficient (Wildman–Crippen LogP) is 6.69. The summed E-state index contributed by atoms with van der Waals surface area (Å²) in [6, 6.07) is 6.93. The van der Waals surface area contributed by atoms with Crippen LogP contribution in [0.25, 0.3) is 20.2 Å². The standard InChI is InChI=1S/C21H22F2O2S/c1-2-3-4-11-24-16-9-7-14-15-8-10-17(25-12-13-5-6-13)19(23)21(15)26-20(14)18(16)22/h7-10,13H,2-6,11-12H2,1H3. The minimum atomic E-state index is -0.403. The molecule has 1 fully saturated rings. The van der Waals surface area contributed by atoms with Gasteiger partial charge in [0.25, 0.3) is 0 Å². The molecule has 138 valence electrons. The van der Waals surface area contributed by atoms with E-state index >= 15 is 0 Å². The number of ether oxygens (including phenoxy) is 2. The van der Waals surface area contributed by atoms with Crippen LogP contribution in [0.15, 0.2) is 24.3 Å². The van der Waals surface area contributed by atoms with E-state index in [1.165, 1.54) is 0 Å². The van der Waals surface area contributed by atoms with Gasteiger partial charge in [-0.05, 0) is 49.4 Å². The normalized spacial score (nSPS) is 14.3. The van der Waals surface area contributed by atoms with Crippen LogP contribution < -0.4 is 9.47 Å². The minimum Gasteiger partial charge on any atom is -0.490 e. The number of fused-ring (bicyclic) bond motifs is 3. The lowest BCUT2D eigenvalue weighted by molar-refractivity contribution is 0.286. The van der Waals surface area contributed by atoms with Gasteiger partial charge in [0, 0.05) is 10.8 Å². The summed E-state index contributed by atoms with van der Waals surface area (Å²) < 4.78 is 41.7. The fraction of sp³-hybridized carbons (Fsp3) is 0.429. The summed E-state index contributed by atoms with van der Waals surface area (Å²) in [6.45, 7) is 3.16. The number of benzene rings is 2. The zero-order chi connectivity index (χ0) is 18.1. The Hall–Kier alpha value is -1.88. The summed E-state index contributed by atoms with van der Waals surface area (Å²) in [5.41, 5.74) is 0. The fourth-order valence-electron chi connectivity index (χ4n) is 3.05. The Kier molecular flexibility index (Phi) is 4.98. The Balaban J connectivity index is 1.65. The van der Waals surface area contributed by atoms with Crippen molar-refractivity contribution in [2.75, 3.05) is 13.2 Å². The van der Waals surface area contributed by atoms with Gasteiger partial charge in [0.2, 0.25) is 0 Å². The highest BCUT2D eigenvalue weighted by molar-refractivity contribution is 7.25. The zero-order valence-electron chi connectivity index (χ0n) is 14.8. The van der Waals surface area contributed by atoms with Crippen LogP contribution in [-0.2, 0) is 0 Å². The molecule has 0 aliphatic heterocycles. The van der Waals surface area contributed by atoms with Crippen LogP contribution in [0.3, 0.4) is 0 Å². The van der Waals surface area contributed by atoms with Crippen LogP contribution in [0.1, 0.15) is 39.0 Å². The molecule has 0 atom stereocenters. The first kappa shape index (κ1) is 17.5. The average molecular weight is 376 g/mol. The summed E-state index contributed by atoms with van der Waals surface area (Å²) in [5, 5.41) is 1.44. The van der Waals surface area contributed by atoms with Crippen molar-refractivity contribution in [1.29, 1.82) is 0 Å². The number of thiophene rings is 1. The van der Waals surface area contributed by atoms with Crippen LogP contribution in [0, 0.1) is 17.6 Å². The van der Waals surface area contributed by atoms with E-state index in [0.29, 0.717) is 28.5 Å². The van der Waals surface area contributed by atoms with Gasteiger partial charge >= 0.3 is 0 Å². The van der Waals surface area contributed by atoms with Gasteiger partial charge in [-0.2, -0.15) is 0 Å². The van der Waals surface area contributed by atoms with E-state index in [0.717, 1.165) is 54.2 Å². The van der Waals surface area contributed by atoms with E-state index in [4.69, 9.17) is 9.47 Å². The van der Waals surface area contributed by atoms with Gasteiger partial charge in [-0.1, -0.05) is 19.8 Å². The molecule has 3 aromatic rings. The van der Waals surface area contributed by atoms with Crippen molar-refractivity contribution in [1.82, 2.24) is 0 Å². The zero-order valence-corrected chi connectivity index (χ0v) is 15.6. The van der Waals surface area contributed by atoms with Gasteiger partial charge in [-0.25, -0.2) is 8.78 Å². The first-order valence-electron chi connectivity index (χ1n) is 9.28. The van der Waals surface area contributed by atoms with E-state index in [9.17, 15) is 8.78 Å². The Morgan fingerprint density at radius 3 is 2.12 bits per heavy atom. The van der Waals surface area contributed by atoms with Crippen molar-refractivity contribution >= 4 is 31.5 Å². The van der Waals surface area contributed by atoms with Crippen LogP contribution >= 0.6 is 11.3 Å². The molecular formula is C21H22F2O2S. The lowest BCUT2D eigenvalue weighted by Crippen LogP contribution is -2.00. The lowest BCUT2D eigenvalue weighted by atomic mass is 10.1. The monoisotopic (exact) mass is 376 g/mol. The van der Waals surface area contributed by atoms with E-state index < -0.39 is 11.6 Å². The Morgan fingerprint density at radius 2 is 1.54 bits per heavy atom. The third-order valence-corrected chi connectivity index (χ3v) is 6.00. The molecule has 1 aromatic heterocycles. The van der Waals surface area contributed by atoms with E-state index in [1.54, 1.807) is 12.1 Å². The fourth-order valence-corrected chi connectivity index (χ4v) is 4.21. The quantitative estimate of drug-likeness (QED) is 0.408. The average Bonchev–Trinajstić information content (AvgIpc) is 3.39. The van der Waals surface area contributed by atoms with Crippen molar-refractivity contribution in [2.45, 2.75) is 39.0 Å². The maximum atomic E-state index is 14.8. The van der Waals surface area contributed by atoms with Crippen LogP contribution in [0.5, 0.6) is 11.5 Å². The van der Waals surface area contributed by atoms with Gasteiger partial charge < -0.3 is 9.47 Å². The first-order chi connectivity index (χ1) is 12.7. The molecular weight excluding hydrogens is 354 g/mol. The summed E-state index contributed by atoms with van der Waals surface area (Å²) in [4.78, 5) is 0. The molecule has 2 nitrogen and oxygen atoms in total. The van der Waals surface area contributed by atoms with Crippen LogP contribution in [0.2, 0.25) is 0 Å². The highest BCUT2D eigenvalue weighted by Crippen LogP contribution is 2.42. The third kappa shape index (κ3) is 3.37. The van der Waals surface area contributed by atoms with E-state index in [2.05, 4.69) is 6.92 Å². The number of halogens is 2. The van der Waals surface area contributed by atoms with Crippen LogP contribution in [0.4, 0.5) is 8.78 Å². The Labute approximate surface area is 155 Å². The van der Waals surface area contributed by atoms with Crippen molar-refractivity contribution in [3.05, 3.63) is 35.9 Å². The molecule has 1 aliphatic rings. The van der Waals surface area contributed by atoms with Crippen molar-refractivity contribution in [3.63, 3.8) is 0 Å². The molecule has 26 heavy (non-hydrogen) atoms. The second-order valence-corrected chi connectivity index (χ2v) is 7.94. The number of rotatable bonds is 8. The maximum absolute atomic E-state index is 14.8. The molecule has 1 aliphatic carbocycles. The van der Waals surface area contributed by atoms with E-state index in [1.807, 2.05) is 12.1 Å². The van der Waals surface area contributed by atoms with Crippen molar-refractivity contribution in [2.24, 2.45) is 5.92 Å². The molecule has 0 spiro atoms. The number of unbranched alkanes of at least 4 members (excludes halogenated alkanes) is 2. The Bertz CT molecular complexity index is 931. The molecule has 5 heteroatoms. The highest BCUT2D eigenvalue weighted by Gasteiger charge is 2.23. The van der Waals surface area contributed by atoms with Gasteiger partial charge in [0.1, 0.15) is 0 Å². The molecule has 0 amide bonds. The van der Waals surface area contributed by atoms with Crippen LogP contribution in [-0.4, -0.2) is 13.2 Å². The minimum absolute atomic E-state index is 0.241. The Morgan fingerprint density at radius 1 is 0.923 bits per heavy atom. The first-order valence-corrected chi connectivity index (χ1v) is 10.1. The van der Waals surface area contributed by atoms with Crippen molar-refractivity contribution in [3.8, 4) is 11.5 Å². The second-order valence-electron chi connectivity index (χ2n) is 6.92. The summed E-state index contributed by atoms with van der Waals surface area (Å²) >= 11 is 1.13. The predicted molar refractivity (Wildman–Crippen MR) is 102 cm³/mol. The topological polar surface area (TPSA) is 18.5 Å². The summed E-state index contributed by atoms with van der Waals surface area (Å²) in [7, 11) is 0. The molecule has 1 heterocycles. The highest BCUT2D eigenvalue weighted by atomic mass is 32.1. The van der Waals surface area contributed by atoms with Gasteiger partial charge in [-0.15, -0.1) is 11.3 Å². The van der Waals surface area contributed by atoms with Gasteiger partial charge in [-0.3, -0.25) is 0 Å². The summed E-state index contributed by atoms with van der Waals surface area (Å²) in [6.07, 6.45) is 5.35. The SMILES string of the molecule is CCCCCOc1ccc2c(sc3c(F)c(OCC4CC4)ccc32)c1F. The molecule has 0 unspecified atom stereocenters. The molecule has 2 aromatic carbocycles. The third-order valence-electron chi connectivity index (χ3n) is 4.79. The molecule has 0 N–H and O–H groups in total. The molecule has 0 saturated heterocycles. The van der Waals surface area contributed by atoms with Gasteiger partial charge in [0.05, 0.1) is 22.6 Å². The van der Waals surface area contributed by atoms with Gasteiger partial charge in [0.15, 0.2) is 23.1 Å². The second kappa shape index (κ2) is 7.39. The van der Waals surface area contributed by atoms with E-state index in [-0.39, 0.29) is 11.5 Å². The number of hydrogen-bond acceptors (Lipinski definition) is 3. The largest absolute Gasteiger partial charge is 0.490 e. The summed E-state index contributed by atoms with van der Waals surface area (Å²) in [5.74, 6) is 0.254. The molecule has 1 saturated carbocycles. The number of hydrogen-bond donors (Lipinski definition) is 0. The maximum Gasteiger partial charge on any atom is 0.182 e. The molecule has 0 bridgehead atoms.